The van der Waals surface area contributed by atoms with Gasteiger partial charge in [-0.3, -0.25) is 0 Å². The van der Waals surface area contributed by atoms with Crippen LogP contribution in [-0.4, -0.2) is 11.5 Å². The van der Waals surface area contributed by atoms with Crippen molar-refractivity contribution in [2.45, 2.75) is 45.1 Å². The lowest BCUT2D eigenvalue weighted by Crippen LogP contribution is -2.52. The summed E-state index contributed by atoms with van der Waals surface area (Å²) in [4.78, 5) is 11.3. The van der Waals surface area contributed by atoms with Crippen molar-refractivity contribution >= 4 is 11.7 Å². The van der Waals surface area contributed by atoms with Crippen molar-refractivity contribution in [3.8, 4) is 0 Å². The molecule has 0 radical (unpaired) electrons. The van der Waals surface area contributed by atoms with E-state index in [-0.39, 0.29) is 0 Å². The smallest absolute Gasteiger partial charge is 0.0769 e. The largest absolute Gasteiger partial charge is 0.548 e. The first-order valence-corrected chi connectivity index (χ1v) is 6.10. The number of carbonyl (C=O) groups is 1. The van der Waals surface area contributed by atoms with Gasteiger partial charge in [0.1, 0.15) is 0 Å². The molecule has 1 aliphatic carbocycles. The highest BCUT2D eigenvalue weighted by molar-refractivity contribution is 5.81. The minimum Gasteiger partial charge on any atom is -0.548 e. The van der Waals surface area contributed by atoms with Crippen LogP contribution in [0.2, 0.25) is 0 Å². The summed E-state index contributed by atoms with van der Waals surface area (Å²) >= 11 is 0. The summed E-state index contributed by atoms with van der Waals surface area (Å²) in [6.45, 7) is 4.02. The van der Waals surface area contributed by atoms with Crippen LogP contribution >= 0.6 is 0 Å². The van der Waals surface area contributed by atoms with Crippen LogP contribution in [-0.2, 0) is 4.79 Å². The summed E-state index contributed by atoms with van der Waals surface area (Å²) < 4.78 is 0. The average molecular weight is 232 g/mol. The number of carboxylic acids is 1. The molecule has 2 rings (SSSR count). The van der Waals surface area contributed by atoms with Crippen LogP contribution in [0, 0.1) is 13.8 Å². The number of carboxylic acid groups (broad SMARTS) is 1. The van der Waals surface area contributed by atoms with E-state index < -0.39 is 11.5 Å². The molecule has 0 unspecified atom stereocenters. The van der Waals surface area contributed by atoms with Gasteiger partial charge in [-0.1, -0.05) is 18.9 Å². The van der Waals surface area contributed by atoms with Crippen LogP contribution in [0.4, 0.5) is 5.69 Å². The van der Waals surface area contributed by atoms with E-state index >= 15 is 0 Å². The minimum absolute atomic E-state index is 0.655. The number of nitrogens with one attached hydrogen (secondary N) is 1. The van der Waals surface area contributed by atoms with Crippen LogP contribution in [0.15, 0.2) is 18.2 Å². The number of aryl methyl sites for hydroxylation is 2. The topological polar surface area (TPSA) is 52.2 Å². The Labute approximate surface area is 102 Å². The Hall–Kier alpha value is -1.51. The maximum Gasteiger partial charge on any atom is 0.0769 e. The van der Waals surface area contributed by atoms with Gasteiger partial charge in [0.15, 0.2) is 0 Å². The molecule has 1 saturated carbocycles. The third-order valence-corrected chi connectivity index (χ3v) is 3.45. The Bertz CT molecular complexity index is 414. The van der Waals surface area contributed by atoms with Gasteiger partial charge in [-0.25, -0.2) is 0 Å². The standard InChI is InChI=1S/C14H19NO2/c1-10-7-11(2)9-12(8-10)15-14(13(16)17)5-3-4-6-14/h7-9,15H,3-6H2,1-2H3,(H,16,17)/p-1. The summed E-state index contributed by atoms with van der Waals surface area (Å²) in [5, 5.41) is 14.5. The average Bonchev–Trinajstić information content (AvgIpc) is 2.65. The van der Waals surface area contributed by atoms with E-state index in [9.17, 15) is 9.90 Å². The van der Waals surface area contributed by atoms with Crippen molar-refractivity contribution in [1.29, 1.82) is 0 Å². The quantitative estimate of drug-likeness (QED) is 0.864. The lowest BCUT2D eigenvalue weighted by Gasteiger charge is -2.32. The molecule has 1 aromatic carbocycles. The van der Waals surface area contributed by atoms with Crippen LogP contribution in [0.25, 0.3) is 0 Å². The van der Waals surface area contributed by atoms with Crippen molar-refractivity contribution in [1.82, 2.24) is 0 Å². The Morgan fingerprint density at radius 2 is 1.71 bits per heavy atom. The van der Waals surface area contributed by atoms with Gasteiger partial charge in [0, 0.05) is 5.69 Å². The molecule has 0 bridgehead atoms. The zero-order valence-corrected chi connectivity index (χ0v) is 10.4. The van der Waals surface area contributed by atoms with Crippen LogP contribution in [0.3, 0.4) is 0 Å². The SMILES string of the molecule is Cc1cc(C)cc(NC2(C(=O)[O-])CCCC2)c1. The molecule has 3 heteroatoms. The Balaban J connectivity index is 2.26. The first-order valence-electron chi connectivity index (χ1n) is 6.10. The molecule has 0 amide bonds. The normalized spacial score (nSPS) is 18.0. The van der Waals surface area contributed by atoms with Gasteiger partial charge < -0.3 is 15.2 Å². The molecule has 0 atom stereocenters. The molecule has 3 nitrogen and oxygen atoms in total. The highest BCUT2D eigenvalue weighted by Gasteiger charge is 2.35. The van der Waals surface area contributed by atoms with E-state index in [1.165, 1.54) is 0 Å². The highest BCUT2D eigenvalue weighted by atomic mass is 16.4. The van der Waals surface area contributed by atoms with Crippen LogP contribution in [0.1, 0.15) is 36.8 Å². The molecule has 0 heterocycles. The molecule has 0 aromatic heterocycles. The van der Waals surface area contributed by atoms with Crippen molar-refractivity contribution in [3.05, 3.63) is 29.3 Å². The second-order valence-electron chi connectivity index (χ2n) is 5.08. The molecule has 0 spiro atoms. The predicted octanol–water partition coefficient (Wildman–Crippen LogP) is 1.78. The molecule has 0 aliphatic heterocycles. The second kappa shape index (κ2) is 4.40. The number of aliphatic carboxylic acids is 1. The summed E-state index contributed by atoms with van der Waals surface area (Å²) in [5.74, 6) is -0.978. The van der Waals surface area contributed by atoms with E-state index in [1.807, 2.05) is 26.0 Å². The summed E-state index contributed by atoms with van der Waals surface area (Å²) in [6.07, 6.45) is 3.21. The van der Waals surface area contributed by atoms with Gasteiger partial charge in [-0.15, -0.1) is 0 Å². The third kappa shape index (κ3) is 2.43. The summed E-state index contributed by atoms with van der Waals surface area (Å²) in [7, 11) is 0. The van der Waals surface area contributed by atoms with Gasteiger partial charge in [0.2, 0.25) is 0 Å². The monoisotopic (exact) mass is 232 g/mol. The van der Waals surface area contributed by atoms with Crippen molar-refractivity contribution in [3.63, 3.8) is 0 Å². The molecular formula is C14H18NO2-. The second-order valence-corrected chi connectivity index (χ2v) is 5.08. The molecule has 1 fully saturated rings. The Morgan fingerprint density at radius 3 is 2.18 bits per heavy atom. The number of benzene rings is 1. The highest BCUT2D eigenvalue weighted by Crippen LogP contribution is 2.33. The number of hydrogen-bond donors (Lipinski definition) is 1. The zero-order chi connectivity index (χ0) is 12.5. The first-order chi connectivity index (χ1) is 8.02. The molecule has 92 valence electrons. The fraction of sp³-hybridized carbons (Fsp3) is 0.500. The lowest BCUT2D eigenvalue weighted by molar-refractivity contribution is -0.311. The number of hydrogen-bond acceptors (Lipinski definition) is 3. The van der Waals surface area contributed by atoms with E-state index in [0.717, 1.165) is 29.7 Å². The fourth-order valence-electron chi connectivity index (χ4n) is 2.68. The maximum atomic E-state index is 11.3. The summed E-state index contributed by atoms with van der Waals surface area (Å²) in [6, 6.07) is 6.04. The maximum absolute atomic E-state index is 11.3. The van der Waals surface area contributed by atoms with Gasteiger partial charge in [0.05, 0.1) is 11.5 Å². The van der Waals surface area contributed by atoms with E-state index in [2.05, 4.69) is 11.4 Å². The molecule has 1 aromatic rings. The summed E-state index contributed by atoms with van der Waals surface area (Å²) in [5.41, 5.74) is 2.30. The molecule has 1 N–H and O–H groups in total. The minimum atomic E-state index is -0.978. The van der Waals surface area contributed by atoms with Crippen molar-refractivity contribution < 1.29 is 9.90 Å². The van der Waals surface area contributed by atoms with Gasteiger partial charge in [0.25, 0.3) is 0 Å². The molecule has 17 heavy (non-hydrogen) atoms. The number of rotatable bonds is 3. The first kappa shape index (κ1) is 12.0. The lowest BCUT2D eigenvalue weighted by atomic mass is 9.97. The van der Waals surface area contributed by atoms with E-state index in [1.54, 1.807) is 0 Å². The van der Waals surface area contributed by atoms with Crippen molar-refractivity contribution in [2.75, 3.05) is 5.32 Å². The molecular weight excluding hydrogens is 214 g/mol. The third-order valence-electron chi connectivity index (χ3n) is 3.45. The van der Waals surface area contributed by atoms with Crippen LogP contribution in [0.5, 0.6) is 0 Å². The van der Waals surface area contributed by atoms with Gasteiger partial charge in [-0.2, -0.15) is 0 Å². The molecule has 0 saturated heterocycles. The predicted molar refractivity (Wildman–Crippen MR) is 65.7 cm³/mol. The van der Waals surface area contributed by atoms with Crippen molar-refractivity contribution in [2.24, 2.45) is 0 Å². The zero-order valence-electron chi connectivity index (χ0n) is 10.4. The number of carbonyl (C=O) groups excluding carboxylic acids is 1. The van der Waals surface area contributed by atoms with Crippen LogP contribution < -0.4 is 10.4 Å². The fourth-order valence-corrected chi connectivity index (χ4v) is 2.68. The number of anilines is 1. The Morgan fingerprint density at radius 1 is 1.18 bits per heavy atom. The van der Waals surface area contributed by atoms with Gasteiger partial charge >= 0.3 is 0 Å². The van der Waals surface area contributed by atoms with Gasteiger partial charge in [-0.05, 0) is 49.9 Å². The molecule has 1 aliphatic rings. The Kier molecular flexibility index (Phi) is 3.09. The van der Waals surface area contributed by atoms with E-state index in [4.69, 9.17) is 0 Å². The van der Waals surface area contributed by atoms with E-state index in [0.29, 0.717) is 12.8 Å².